The van der Waals surface area contributed by atoms with E-state index in [2.05, 4.69) is 10.2 Å². The maximum atomic E-state index is 13.0. The van der Waals surface area contributed by atoms with Crippen LogP contribution in [-0.2, 0) is 6.54 Å². The summed E-state index contributed by atoms with van der Waals surface area (Å²) in [5.74, 6) is 0.183. The summed E-state index contributed by atoms with van der Waals surface area (Å²) in [7, 11) is 0. The van der Waals surface area contributed by atoms with E-state index >= 15 is 0 Å². The van der Waals surface area contributed by atoms with Gasteiger partial charge in [0.25, 0.3) is 0 Å². The minimum atomic E-state index is -0.219. The smallest absolute Gasteiger partial charge is 0.317 e. The Morgan fingerprint density at radius 3 is 2.77 bits per heavy atom. The van der Waals surface area contributed by atoms with Crippen molar-refractivity contribution in [3.05, 3.63) is 51.4 Å². The molecule has 1 saturated heterocycles. The summed E-state index contributed by atoms with van der Waals surface area (Å²) >= 11 is 7.46. The zero-order chi connectivity index (χ0) is 18.5. The molecule has 1 N–H and O–H groups in total. The minimum absolute atomic E-state index is 0.0442. The second kappa shape index (κ2) is 8.73. The number of rotatable bonds is 6. The van der Waals surface area contributed by atoms with Crippen LogP contribution in [0.15, 0.2) is 36.4 Å². The molecular formula is C19H23ClFN3OS. The van der Waals surface area contributed by atoms with Crippen molar-refractivity contribution in [1.82, 2.24) is 10.2 Å². The van der Waals surface area contributed by atoms with Crippen LogP contribution in [0.3, 0.4) is 0 Å². The molecule has 2 heterocycles. The van der Waals surface area contributed by atoms with Crippen molar-refractivity contribution >= 4 is 34.7 Å². The predicted octanol–water partition coefficient (Wildman–Crippen LogP) is 4.60. The lowest BCUT2D eigenvalue weighted by Gasteiger charge is -2.22. The van der Waals surface area contributed by atoms with Crippen LogP contribution in [0.4, 0.5) is 14.9 Å². The monoisotopic (exact) mass is 395 g/mol. The highest BCUT2D eigenvalue weighted by molar-refractivity contribution is 7.16. The first-order chi connectivity index (χ1) is 12.5. The lowest BCUT2D eigenvalue weighted by atomic mass is 10.1. The van der Waals surface area contributed by atoms with Gasteiger partial charge in [-0.15, -0.1) is 11.3 Å². The van der Waals surface area contributed by atoms with Gasteiger partial charge in [0.2, 0.25) is 0 Å². The van der Waals surface area contributed by atoms with Gasteiger partial charge in [0.05, 0.1) is 10.9 Å². The van der Waals surface area contributed by atoms with Crippen molar-refractivity contribution in [2.75, 3.05) is 31.1 Å². The molecule has 1 atom stereocenters. The molecule has 2 amide bonds. The summed E-state index contributed by atoms with van der Waals surface area (Å²) in [4.78, 5) is 17.6. The number of benzene rings is 1. The summed E-state index contributed by atoms with van der Waals surface area (Å²) in [5.41, 5.74) is 1.03. The van der Waals surface area contributed by atoms with E-state index in [1.54, 1.807) is 17.0 Å². The highest BCUT2D eigenvalue weighted by atomic mass is 35.5. The molecule has 1 fully saturated rings. The molecule has 7 heteroatoms. The van der Waals surface area contributed by atoms with Crippen molar-refractivity contribution in [1.29, 1.82) is 0 Å². The average molecular weight is 396 g/mol. The largest absolute Gasteiger partial charge is 0.371 e. The number of hydrogen-bond donors (Lipinski definition) is 1. The van der Waals surface area contributed by atoms with Gasteiger partial charge in [-0.3, -0.25) is 0 Å². The Kier molecular flexibility index (Phi) is 6.38. The number of thiophene rings is 1. The van der Waals surface area contributed by atoms with Gasteiger partial charge in [-0.05, 0) is 55.7 Å². The Morgan fingerprint density at radius 1 is 1.35 bits per heavy atom. The minimum Gasteiger partial charge on any atom is -0.371 e. The molecule has 1 aliphatic rings. The van der Waals surface area contributed by atoms with Crippen LogP contribution in [-0.4, -0.2) is 37.1 Å². The van der Waals surface area contributed by atoms with Gasteiger partial charge in [-0.2, -0.15) is 0 Å². The van der Waals surface area contributed by atoms with Crippen LogP contribution in [0.2, 0.25) is 4.34 Å². The van der Waals surface area contributed by atoms with Gasteiger partial charge in [0, 0.05) is 36.7 Å². The summed E-state index contributed by atoms with van der Waals surface area (Å²) in [6.45, 7) is 5.65. The van der Waals surface area contributed by atoms with E-state index in [1.807, 2.05) is 19.1 Å². The Bertz CT molecular complexity index is 737. The first kappa shape index (κ1) is 19.0. The summed E-state index contributed by atoms with van der Waals surface area (Å²) in [6.07, 6.45) is 1.02. The molecule has 140 valence electrons. The third-order valence-corrected chi connectivity index (χ3v) is 5.88. The summed E-state index contributed by atoms with van der Waals surface area (Å²) in [6, 6.07) is 10.4. The topological polar surface area (TPSA) is 35.6 Å². The molecule has 0 saturated carbocycles. The summed E-state index contributed by atoms with van der Waals surface area (Å²) < 4.78 is 13.8. The van der Waals surface area contributed by atoms with E-state index in [4.69, 9.17) is 11.6 Å². The third-order valence-electron chi connectivity index (χ3n) is 4.66. The van der Waals surface area contributed by atoms with E-state index < -0.39 is 0 Å². The molecule has 0 radical (unpaired) electrons. The SMILES string of the molecule is CCN(Cc1ccc(Cl)s1)C(=O)NCC1CCN(c2ccc(F)cc2)C1. The van der Waals surface area contributed by atoms with Crippen LogP contribution in [0.1, 0.15) is 18.2 Å². The third kappa shape index (κ3) is 4.89. The molecule has 3 rings (SSSR count). The van der Waals surface area contributed by atoms with Crippen molar-refractivity contribution in [3.63, 3.8) is 0 Å². The Labute approximate surface area is 162 Å². The number of anilines is 1. The zero-order valence-corrected chi connectivity index (χ0v) is 16.3. The van der Waals surface area contributed by atoms with Crippen LogP contribution in [0.5, 0.6) is 0 Å². The van der Waals surface area contributed by atoms with Crippen LogP contribution < -0.4 is 10.2 Å². The first-order valence-corrected chi connectivity index (χ1v) is 10.0. The fraction of sp³-hybridized carbons (Fsp3) is 0.421. The number of nitrogens with zero attached hydrogens (tertiary/aromatic N) is 2. The van der Waals surface area contributed by atoms with E-state index in [9.17, 15) is 9.18 Å². The van der Waals surface area contributed by atoms with Gasteiger partial charge in [-0.1, -0.05) is 11.6 Å². The summed E-state index contributed by atoms with van der Waals surface area (Å²) in [5, 5.41) is 3.06. The van der Waals surface area contributed by atoms with Gasteiger partial charge in [0.1, 0.15) is 5.82 Å². The highest BCUT2D eigenvalue weighted by Crippen LogP contribution is 2.24. The lowest BCUT2D eigenvalue weighted by molar-refractivity contribution is 0.197. The van der Waals surface area contributed by atoms with Crippen molar-refractivity contribution in [3.8, 4) is 0 Å². The molecule has 2 aromatic rings. The van der Waals surface area contributed by atoms with Crippen molar-refractivity contribution in [2.24, 2.45) is 5.92 Å². The Balaban J connectivity index is 1.47. The van der Waals surface area contributed by atoms with Crippen molar-refractivity contribution in [2.45, 2.75) is 19.9 Å². The second-order valence-corrected chi connectivity index (χ2v) is 8.28. The molecule has 1 aromatic heterocycles. The fourth-order valence-electron chi connectivity index (χ4n) is 3.18. The van der Waals surface area contributed by atoms with Gasteiger partial charge in [-0.25, -0.2) is 9.18 Å². The molecule has 0 bridgehead atoms. The van der Waals surface area contributed by atoms with Crippen LogP contribution in [0, 0.1) is 11.7 Å². The quantitative estimate of drug-likeness (QED) is 0.775. The lowest BCUT2D eigenvalue weighted by Crippen LogP contribution is -2.41. The fourth-order valence-corrected chi connectivity index (χ4v) is 4.28. The second-order valence-electron chi connectivity index (χ2n) is 6.48. The van der Waals surface area contributed by atoms with Gasteiger partial charge < -0.3 is 15.1 Å². The van der Waals surface area contributed by atoms with Gasteiger partial charge in [0.15, 0.2) is 0 Å². The molecule has 0 spiro atoms. The number of hydrogen-bond acceptors (Lipinski definition) is 3. The number of urea groups is 1. The van der Waals surface area contributed by atoms with Crippen molar-refractivity contribution < 1.29 is 9.18 Å². The van der Waals surface area contributed by atoms with Crippen LogP contribution in [0.25, 0.3) is 0 Å². The molecule has 4 nitrogen and oxygen atoms in total. The molecule has 1 aromatic carbocycles. The Hall–Kier alpha value is -1.79. The predicted molar refractivity (Wildman–Crippen MR) is 106 cm³/mol. The van der Waals surface area contributed by atoms with E-state index in [0.717, 1.165) is 34.4 Å². The standard InChI is InChI=1S/C19H23ClFN3OS/c1-2-23(13-17-7-8-18(20)26-17)19(25)22-11-14-9-10-24(12-14)16-5-3-15(21)4-6-16/h3-8,14H,2,9-13H2,1H3,(H,22,25). The van der Waals surface area contributed by atoms with Crippen LogP contribution >= 0.6 is 22.9 Å². The van der Waals surface area contributed by atoms with E-state index in [0.29, 0.717) is 25.6 Å². The average Bonchev–Trinajstić information content (AvgIpc) is 3.27. The molecule has 0 aliphatic carbocycles. The van der Waals surface area contributed by atoms with E-state index in [1.165, 1.54) is 23.5 Å². The molecular weight excluding hydrogens is 373 g/mol. The highest BCUT2D eigenvalue weighted by Gasteiger charge is 2.24. The zero-order valence-electron chi connectivity index (χ0n) is 14.8. The number of carbonyl (C=O) groups is 1. The Morgan fingerprint density at radius 2 is 2.12 bits per heavy atom. The maximum Gasteiger partial charge on any atom is 0.317 e. The molecule has 1 aliphatic heterocycles. The number of halogens is 2. The number of carbonyl (C=O) groups excluding carboxylic acids is 1. The number of amides is 2. The normalized spacial score (nSPS) is 16.7. The maximum absolute atomic E-state index is 13.0. The molecule has 1 unspecified atom stereocenters. The van der Waals surface area contributed by atoms with Gasteiger partial charge >= 0.3 is 6.03 Å². The molecule has 26 heavy (non-hydrogen) atoms. The first-order valence-electron chi connectivity index (χ1n) is 8.82. The number of nitrogens with one attached hydrogen (secondary N) is 1. The van der Waals surface area contributed by atoms with E-state index in [-0.39, 0.29) is 11.8 Å².